The van der Waals surface area contributed by atoms with Crippen LogP contribution in [0.3, 0.4) is 0 Å². The minimum atomic E-state index is -0.551. The number of carbonyl (C=O) groups is 3. The van der Waals surface area contributed by atoms with Crippen molar-refractivity contribution in [3.63, 3.8) is 0 Å². The molecule has 0 saturated heterocycles. The van der Waals surface area contributed by atoms with Crippen molar-refractivity contribution in [2.24, 2.45) is 0 Å². The van der Waals surface area contributed by atoms with Crippen LogP contribution < -0.4 is 5.32 Å². The van der Waals surface area contributed by atoms with Crippen LogP contribution in [-0.4, -0.2) is 48.7 Å². The van der Waals surface area contributed by atoms with Crippen molar-refractivity contribution in [2.75, 3.05) is 20.2 Å². The molecule has 0 saturated carbocycles. The van der Waals surface area contributed by atoms with E-state index in [-0.39, 0.29) is 18.0 Å². The number of hydrogen-bond acceptors (Lipinski definition) is 5. The van der Waals surface area contributed by atoms with Gasteiger partial charge in [0.05, 0.1) is 7.11 Å². The van der Waals surface area contributed by atoms with Crippen molar-refractivity contribution < 1.29 is 23.9 Å². The number of nitrogens with one attached hydrogen (secondary N) is 1. The molecule has 0 bridgehead atoms. The third-order valence-electron chi connectivity index (χ3n) is 4.59. The van der Waals surface area contributed by atoms with E-state index in [1.165, 1.54) is 12.7 Å². The van der Waals surface area contributed by atoms with Crippen molar-refractivity contribution in [3.05, 3.63) is 35.4 Å². The zero-order valence-electron chi connectivity index (χ0n) is 19.7. The first-order valence-corrected chi connectivity index (χ1v) is 11.0. The zero-order valence-corrected chi connectivity index (χ0v) is 19.7. The van der Waals surface area contributed by atoms with Crippen molar-refractivity contribution in [1.82, 2.24) is 10.2 Å². The molecule has 174 valence electrons. The molecule has 1 aromatic carbocycles. The molecular formula is C24H38N2O5. The summed E-state index contributed by atoms with van der Waals surface area (Å²) >= 11 is 0. The smallest absolute Gasteiger partial charge is 0.410 e. The Morgan fingerprint density at radius 2 is 1.61 bits per heavy atom. The van der Waals surface area contributed by atoms with Gasteiger partial charge in [-0.25, -0.2) is 4.79 Å². The minimum Gasteiger partial charge on any atom is -0.469 e. The quantitative estimate of drug-likeness (QED) is 0.390. The largest absolute Gasteiger partial charge is 0.469 e. The first kappa shape index (κ1) is 26.5. The highest BCUT2D eigenvalue weighted by Crippen LogP contribution is 2.14. The Bertz CT molecular complexity index is 695. The summed E-state index contributed by atoms with van der Waals surface area (Å²) in [7, 11) is 1.36. The number of rotatable bonds is 12. The van der Waals surface area contributed by atoms with E-state index in [4.69, 9.17) is 4.74 Å². The average molecular weight is 435 g/mol. The van der Waals surface area contributed by atoms with Gasteiger partial charge in [-0.05, 0) is 58.9 Å². The van der Waals surface area contributed by atoms with Crippen molar-refractivity contribution in [1.29, 1.82) is 0 Å². The average Bonchev–Trinajstić information content (AvgIpc) is 2.70. The molecule has 0 fully saturated rings. The molecule has 0 aliphatic carbocycles. The molecule has 0 aliphatic rings. The summed E-state index contributed by atoms with van der Waals surface area (Å²) in [4.78, 5) is 37.3. The van der Waals surface area contributed by atoms with E-state index in [9.17, 15) is 14.4 Å². The number of nitrogens with zero attached hydrogens (tertiary/aromatic N) is 1. The van der Waals surface area contributed by atoms with Crippen LogP contribution in [0.15, 0.2) is 24.3 Å². The summed E-state index contributed by atoms with van der Waals surface area (Å²) in [5, 5.41) is 2.89. The predicted molar refractivity (Wildman–Crippen MR) is 121 cm³/mol. The van der Waals surface area contributed by atoms with Gasteiger partial charge in [-0.1, -0.05) is 29.8 Å². The van der Waals surface area contributed by atoms with E-state index in [2.05, 4.69) is 10.1 Å². The van der Waals surface area contributed by atoms with E-state index >= 15 is 0 Å². The molecule has 0 unspecified atom stereocenters. The zero-order chi connectivity index (χ0) is 23.3. The number of unbranched alkanes of at least 4 members (excludes halogenated alkanes) is 2. The standard InChI is InChI=1S/C24H38N2O5/c1-19-12-14-20(15-13-19)18-26(23(29)31-24(2,3)4)17-9-8-16-25-21(27)10-6-7-11-22(28)30-5/h12-15H,6-11,16-18H2,1-5H3,(H,25,27). The van der Waals surface area contributed by atoms with Gasteiger partial charge in [0.1, 0.15) is 5.60 Å². The van der Waals surface area contributed by atoms with E-state index in [0.29, 0.717) is 45.3 Å². The number of aryl methyl sites for hydroxylation is 1. The summed E-state index contributed by atoms with van der Waals surface area (Å²) in [5.74, 6) is -0.269. The predicted octanol–water partition coefficient (Wildman–Crippen LogP) is 4.36. The summed E-state index contributed by atoms with van der Waals surface area (Å²) in [6, 6.07) is 8.10. The normalized spacial score (nSPS) is 11.0. The Morgan fingerprint density at radius 3 is 2.23 bits per heavy atom. The summed E-state index contributed by atoms with van der Waals surface area (Å²) in [6.07, 6.45) is 3.23. The molecular weight excluding hydrogens is 396 g/mol. The Balaban J connectivity index is 2.39. The van der Waals surface area contributed by atoms with Crippen LogP contribution in [0.5, 0.6) is 0 Å². The lowest BCUT2D eigenvalue weighted by atomic mass is 10.1. The van der Waals surface area contributed by atoms with Crippen LogP contribution in [0.1, 0.15) is 70.4 Å². The molecule has 7 nitrogen and oxygen atoms in total. The highest BCUT2D eigenvalue weighted by Gasteiger charge is 2.22. The van der Waals surface area contributed by atoms with Gasteiger partial charge in [0, 0.05) is 32.5 Å². The number of benzene rings is 1. The fourth-order valence-corrected chi connectivity index (χ4v) is 2.88. The van der Waals surface area contributed by atoms with Crippen molar-refractivity contribution in [2.45, 2.75) is 78.4 Å². The van der Waals surface area contributed by atoms with E-state index in [0.717, 1.165) is 18.4 Å². The van der Waals surface area contributed by atoms with Gasteiger partial charge < -0.3 is 19.7 Å². The second-order valence-corrected chi connectivity index (χ2v) is 8.73. The maximum atomic E-state index is 12.6. The molecule has 0 aliphatic heterocycles. The van der Waals surface area contributed by atoms with Crippen LogP contribution in [0, 0.1) is 6.92 Å². The Morgan fingerprint density at radius 1 is 0.968 bits per heavy atom. The van der Waals surface area contributed by atoms with E-state index < -0.39 is 5.60 Å². The Hall–Kier alpha value is -2.57. The van der Waals surface area contributed by atoms with Crippen LogP contribution in [0.4, 0.5) is 4.79 Å². The summed E-state index contributed by atoms with van der Waals surface area (Å²) < 4.78 is 10.1. The molecule has 31 heavy (non-hydrogen) atoms. The van der Waals surface area contributed by atoms with Gasteiger partial charge >= 0.3 is 12.1 Å². The maximum Gasteiger partial charge on any atom is 0.410 e. The third-order valence-corrected chi connectivity index (χ3v) is 4.59. The Kier molecular flexibility index (Phi) is 11.7. The molecule has 0 heterocycles. The molecule has 1 aromatic rings. The topological polar surface area (TPSA) is 84.9 Å². The van der Waals surface area contributed by atoms with Gasteiger partial charge in [-0.2, -0.15) is 0 Å². The van der Waals surface area contributed by atoms with Crippen molar-refractivity contribution in [3.8, 4) is 0 Å². The Labute approximate surface area is 186 Å². The summed E-state index contributed by atoms with van der Waals surface area (Å²) in [6.45, 7) is 9.20. The third kappa shape index (κ3) is 12.7. The van der Waals surface area contributed by atoms with E-state index in [1.54, 1.807) is 4.90 Å². The number of esters is 1. The highest BCUT2D eigenvalue weighted by atomic mass is 16.6. The molecule has 0 atom stereocenters. The second kappa shape index (κ2) is 13.7. The maximum absolute atomic E-state index is 12.6. The molecule has 1 rings (SSSR count). The molecule has 2 amide bonds. The van der Waals surface area contributed by atoms with Gasteiger partial charge in [0.15, 0.2) is 0 Å². The number of hydrogen-bond donors (Lipinski definition) is 1. The fourth-order valence-electron chi connectivity index (χ4n) is 2.88. The van der Waals surface area contributed by atoms with Crippen LogP contribution in [0.2, 0.25) is 0 Å². The molecule has 1 N–H and O–H groups in total. The van der Waals surface area contributed by atoms with Gasteiger partial charge in [-0.15, -0.1) is 0 Å². The lowest BCUT2D eigenvalue weighted by Crippen LogP contribution is -2.37. The molecule has 0 aromatic heterocycles. The van der Waals surface area contributed by atoms with E-state index in [1.807, 2.05) is 52.0 Å². The van der Waals surface area contributed by atoms with Crippen molar-refractivity contribution >= 4 is 18.0 Å². The van der Waals surface area contributed by atoms with Gasteiger partial charge in [-0.3, -0.25) is 9.59 Å². The number of methoxy groups -OCH3 is 1. The SMILES string of the molecule is COC(=O)CCCCC(=O)NCCCCN(Cc1ccc(C)cc1)C(=O)OC(C)(C)C. The monoisotopic (exact) mass is 434 g/mol. The van der Waals surface area contributed by atoms with Crippen LogP contribution >= 0.6 is 0 Å². The fraction of sp³-hybridized carbons (Fsp3) is 0.625. The highest BCUT2D eigenvalue weighted by molar-refractivity contribution is 5.76. The lowest BCUT2D eigenvalue weighted by molar-refractivity contribution is -0.140. The van der Waals surface area contributed by atoms with Crippen LogP contribution in [0.25, 0.3) is 0 Å². The molecule has 0 spiro atoms. The number of ether oxygens (including phenoxy) is 2. The van der Waals surface area contributed by atoms with Gasteiger partial charge in [0.2, 0.25) is 5.91 Å². The van der Waals surface area contributed by atoms with Crippen LogP contribution in [-0.2, 0) is 25.6 Å². The second-order valence-electron chi connectivity index (χ2n) is 8.73. The lowest BCUT2D eigenvalue weighted by Gasteiger charge is -2.27. The number of amides is 2. The van der Waals surface area contributed by atoms with Gasteiger partial charge in [0.25, 0.3) is 0 Å². The first-order valence-electron chi connectivity index (χ1n) is 11.0. The molecule has 0 radical (unpaired) electrons. The number of carbonyl (C=O) groups excluding carboxylic acids is 3. The molecule has 7 heteroatoms. The minimum absolute atomic E-state index is 0.0199. The summed E-state index contributed by atoms with van der Waals surface area (Å²) in [5.41, 5.74) is 1.68. The first-order chi connectivity index (χ1) is 14.6.